The standard InChI is InChI=1S/C6H9N3O/c1-2-3-5-10-6-4-8-9-7/h1H,3-6H2. The minimum Gasteiger partial charge on any atom is -0.380 e. The summed E-state index contributed by atoms with van der Waals surface area (Å²) in [5, 5.41) is 3.27. The molecule has 0 heterocycles. The summed E-state index contributed by atoms with van der Waals surface area (Å²) in [6, 6.07) is 0. The van der Waals surface area contributed by atoms with E-state index in [1.807, 2.05) is 0 Å². The van der Waals surface area contributed by atoms with Crippen molar-refractivity contribution in [1.29, 1.82) is 0 Å². The molecule has 0 aliphatic heterocycles. The Morgan fingerprint density at radius 1 is 1.60 bits per heavy atom. The minimum atomic E-state index is 0.376. The third kappa shape index (κ3) is 6.83. The van der Waals surface area contributed by atoms with Gasteiger partial charge in [0.15, 0.2) is 0 Å². The highest BCUT2D eigenvalue weighted by molar-refractivity contribution is 4.82. The molecular formula is C6H9N3O. The van der Waals surface area contributed by atoms with E-state index < -0.39 is 0 Å². The van der Waals surface area contributed by atoms with Crippen LogP contribution in [0.25, 0.3) is 10.4 Å². The molecule has 0 atom stereocenters. The highest BCUT2D eigenvalue weighted by Crippen LogP contribution is 1.80. The summed E-state index contributed by atoms with van der Waals surface area (Å²) < 4.78 is 4.97. The van der Waals surface area contributed by atoms with Gasteiger partial charge in [-0.15, -0.1) is 12.3 Å². The quantitative estimate of drug-likeness (QED) is 0.186. The van der Waals surface area contributed by atoms with E-state index in [2.05, 4.69) is 15.9 Å². The van der Waals surface area contributed by atoms with E-state index in [1.54, 1.807) is 0 Å². The van der Waals surface area contributed by atoms with Crippen molar-refractivity contribution in [3.05, 3.63) is 10.4 Å². The number of hydrogen-bond donors (Lipinski definition) is 0. The number of azide groups is 1. The molecule has 0 rings (SSSR count). The lowest BCUT2D eigenvalue weighted by Gasteiger charge is -1.95. The monoisotopic (exact) mass is 139 g/mol. The summed E-state index contributed by atoms with van der Waals surface area (Å²) in [5.74, 6) is 2.43. The maximum Gasteiger partial charge on any atom is 0.0575 e. The van der Waals surface area contributed by atoms with E-state index in [4.69, 9.17) is 16.7 Å². The fourth-order valence-corrected chi connectivity index (χ4v) is 0.383. The molecule has 0 aromatic carbocycles. The molecule has 54 valence electrons. The van der Waals surface area contributed by atoms with Gasteiger partial charge in [0.2, 0.25) is 0 Å². The second kappa shape index (κ2) is 7.83. The van der Waals surface area contributed by atoms with Gasteiger partial charge in [-0.1, -0.05) is 5.11 Å². The van der Waals surface area contributed by atoms with Crippen molar-refractivity contribution in [3.8, 4) is 12.3 Å². The molecule has 10 heavy (non-hydrogen) atoms. The van der Waals surface area contributed by atoms with Gasteiger partial charge >= 0.3 is 0 Å². The van der Waals surface area contributed by atoms with E-state index in [0.29, 0.717) is 26.2 Å². The Balaban J connectivity index is 2.92. The summed E-state index contributed by atoms with van der Waals surface area (Å²) >= 11 is 0. The number of rotatable bonds is 5. The highest BCUT2D eigenvalue weighted by atomic mass is 16.5. The zero-order valence-electron chi connectivity index (χ0n) is 5.66. The SMILES string of the molecule is C#CCCOCCN=[N+]=[N-]. The predicted octanol–water partition coefficient (Wildman–Crippen LogP) is 1.34. The van der Waals surface area contributed by atoms with Crippen molar-refractivity contribution in [2.45, 2.75) is 6.42 Å². The van der Waals surface area contributed by atoms with Crippen molar-refractivity contribution in [2.75, 3.05) is 19.8 Å². The summed E-state index contributed by atoms with van der Waals surface area (Å²) in [7, 11) is 0. The predicted molar refractivity (Wildman–Crippen MR) is 38.3 cm³/mol. The summed E-state index contributed by atoms with van der Waals surface area (Å²) in [5.41, 5.74) is 7.84. The van der Waals surface area contributed by atoms with Crippen LogP contribution in [0.15, 0.2) is 5.11 Å². The molecule has 0 aromatic rings. The van der Waals surface area contributed by atoms with Crippen LogP contribution in [0.4, 0.5) is 0 Å². The van der Waals surface area contributed by atoms with Gasteiger partial charge in [-0.2, -0.15) is 0 Å². The summed E-state index contributed by atoms with van der Waals surface area (Å²) in [6.45, 7) is 1.37. The minimum absolute atomic E-state index is 0.376. The number of terminal acetylenes is 1. The Kier molecular flexibility index (Phi) is 6.91. The molecule has 4 heteroatoms. The lowest BCUT2D eigenvalue weighted by atomic mass is 10.5. The molecule has 0 aliphatic carbocycles. The van der Waals surface area contributed by atoms with E-state index in [1.165, 1.54) is 0 Å². The third-order valence-electron chi connectivity index (χ3n) is 0.790. The molecule has 0 unspecified atom stereocenters. The second-order valence-corrected chi connectivity index (χ2v) is 1.52. The molecule has 4 nitrogen and oxygen atoms in total. The van der Waals surface area contributed by atoms with E-state index >= 15 is 0 Å². The molecule has 0 aromatic heterocycles. The average Bonchev–Trinajstić information content (AvgIpc) is 1.97. The average molecular weight is 139 g/mol. The van der Waals surface area contributed by atoms with Gasteiger partial charge in [0.25, 0.3) is 0 Å². The van der Waals surface area contributed by atoms with Crippen LogP contribution in [-0.4, -0.2) is 19.8 Å². The third-order valence-corrected chi connectivity index (χ3v) is 0.790. The van der Waals surface area contributed by atoms with E-state index in [-0.39, 0.29) is 0 Å². The Bertz CT molecular complexity index is 155. The molecule has 0 saturated heterocycles. The van der Waals surface area contributed by atoms with E-state index in [0.717, 1.165) is 0 Å². The molecule has 0 spiro atoms. The van der Waals surface area contributed by atoms with Crippen LogP contribution in [0.2, 0.25) is 0 Å². The number of nitrogens with zero attached hydrogens (tertiary/aromatic N) is 3. The van der Waals surface area contributed by atoms with Gasteiger partial charge in [0.1, 0.15) is 0 Å². The summed E-state index contributed by atoms with van der Waals surface area (Å²) in [4.78, 5) is 2.56. The Morgan fingerprint density at radius 3 is 3.00 bits per heavy atom. The second-order valence-electron chi connectivity index (χ2n) is 1.52. The summed E-state index contributed by atoms with van der Waals surface area (Å²) in [6.07, 6.45) is 5.56. The molecule has 0 amide bonds. The van der Waals surface area contributed by atoms with Crippen LogP contribution in [0.5, 0.6) is 0 Å². The molecular weight excluding hydrogens is 130 g/mol. The van der Waals surface area contributed by atoms with Crippen molar-refractivity contribution in [3.63, 3.8) is 0 Å². The van der Waals surface area contributed by atoms with Crippen LogP contribution in [0.3, 0.4) is 0 Å². The Hall–Kier alpha value is -1.17. The molecule has 0 saturated carbocycles. The first-order valence-corrected chi connectivity index (χ1v) is 2.94. The zero-order valence-corrected chi connectivity index (χ0v) is 5.66. The smallest absolute Gasteiger partial charge is 0.0575 e. The van der Waals surface area contributed by atoms with Crippen molar-refractivity contribution < 1.29 is 4.74 Å². The molecule has 0 radical (unpaired) electrons. The number of hydrogen-bond acceptors (Lipinski definition) is 2. The lowest BCUT2D eigenvalue weighted by Crippen LogP contribution is -1.98. The molecule has 0 fully saturated rings. The first-order chi connectivity index (χ1) is 4.91. The Morgan fingerprint density at radius 2 is 2.40 bits per heavy atom. The molecule has 0 N–H and O–H groups in total. The maximum absolute atomic E-state index is 7.84. The van der Waals surface area contributed by atoms with Gasteiger partial charge in [0.05, 0.1) is 13.2 Å². The van der Waals surface area contributed by atoms with Crippen LogP contribution in [0.1, 0.15) is 6.42 Å². The van der Waals surface area contributed by atoms with Crippen molar-refractivity contribution >= 4 is 0 Å². The van der Waals surface area contributed by atoms with Gasteiger partial charge in [0, 0.05) is 17.9 Å². The normalized spacial score (nSPS) is 7.90. The molecule has 0 aliphatic rings. The first kappa shape index (κ1) is 8.83. The Labute approximate surface area is 59.8 Å². The fourth-order valence-electron chi connectivity index (χ4n) is 0.383. The number of ether oxygens (including phenoxy) is 1. The lowest BCUT2D eigenvalue weighted by molar-refractivity contribution is 0.147. The van der Waals surface area contributed by atoms with Gasteiger partial charge in [-0.25, -0.2) is 0 Å². The largest absolute Gasteiger partial charge is 0.380 e. The van der Waals surface area contributed by atoms with Gasteiger partial charge < -0.3 is 4.74 Å². The van der Waals surface area contributed by atoms with Gasteiger partial charge in [-0.05, 0) is 5.53 Å². The molecule has 0 bridgehead atoms. The van der Waals surface area contributed by atoms with Crippen LogP contribution in [0, 0.1) is 12.3 Å². The highest BCUT2D eigenvalue weighted by Gasteiger charge is 1.82. The van der Waals surface area contributed by atoms with Crippen LogP contribution in [-0.2, 0) is 4.74 Å². The maximum atomic E-state index is 7.84. The van der Waals surface area contributed by atoms with Crippen LogP contribution >= 0.6 is 0 Å². The topological polar surface area (TPSA) is 58.0 Å². The van der Waals surface area contributed by atoms with Crippen molar-refractivity contribution in [2.24, 2.45) is 5.11 Å². The van der Waals surface area contributed by atoms with Crippen LogP contribution < -0.4 is 0 Å². The first-order valence-electron chi connectivity index (χ1n) is 2.94. The van der Waals surface area contributed by atoms with Gasteiger partial charge in [-0.3, -0.25) is 0 Å². The van der Waals surface area contributed by atoms with Crippen molar-refractivity contribution in [1.82, 2.24) is 0 Å². The van der Waals surface area contributed by atoms with E-state index in [9.17, 15) is 0 Å². The zero-order chi connectivity index (χ0) is 7.66. The fraction of sp³-hybridized carbons (Fsp3) is 0.667.